The third kappa shape index (κ3) is 8.03. The van der Waals surface area contributed by atoms with Crippen LogP contribution in [0.15, 0.2) is 12.7 Å². The van der Waals surface area contributed by atoms with Gasteiger partial charge in [-0.25, -0.2) is 42.5 Å². The number of hydrogen-bond donors (Lipinski definition) is 2. The van der Waals surface area contributed by atoms with Crippen LogP contribution in [0.5, 0.6) is 0 Å². The van der Waals surface area contributed by atoms with Crippen molar-refractivity contribution in [1.29, 1.82) is 0 Å². The molecule has 42 heavy (non-hydrogen) atoms. The van der Waals surface area contributed by atoms with Crippen LogP contribution >= 0.6 is 7.82 Å². The molecule has 0 saturated carbocycles. The molecule has 0 unspecified atom stereocenters. The number of phosphoric ester groups is 1. The predicted molar refractivity (Wildman–Crippen MR) is 138 cm³/mol. The number of terminal acetylenes is 1. The molecule has 0 bridgehead atoms. The van der Waals surface area contributed by atoms with Crippen molar-refractivity contribution in [2.24, 2.45) is 0 Å². The number of nitrogen functional groups attached to an aromatic ring is 1. The Hall–Kier alpha value is -3.59. The Bertz CT molecular complexity index is 1320. The van der Waals surface area contributed by atoms with Crippen LogP contribution in [0.4, 0.5) is 19.8 Å². The predicted octanol–water partition coefficient (Wildman–Crippen LogP) is 2.60. The average molecular weight is 619 g/mol. The van der Waals surface area contributed by atoms with Crippen LogP contribution < -0.4 is 5.73 Å². The minimum atomic E-state index is -4.79. The molecule has 17 nitrogen and oxygen atoms in total. The van der Waals surface area contributed by atoms with Crippen LogP contribution in [0.3, 0.4) is 0 Å². The number of nitrogens with two attached hydrogens (primary N) is 1. The number of halogens is 1. The highest BCUT2D eigenvalue weighted by atomic mass is 31.2. The van der Waals surface area contributed by atoms with Crippen molar-refractivity contribution in [3.63, 3.8) is 0 Å². The molecule has 3 heterocycles. The van der Waals surface area contributed by atoms with Gasteiger partial charge in [0.15, 0.2) is 23.3 Å². The molecule has 1 saturated heterocycles. The number of aliphatic hydroxyl groups is 1. The van der Waals surface area contributed by atoms with Crippen molar-refractivity contribution < 1.29 is 60.9 Å². The number of alkyl halides is 1. The zero-order valence-corrected chi connectivity index (χ0v) is 24.0. The fourth-order valence-electron chi connectivity index (χ4n) is 3.65. The summed E-state index contributed by atoms with van der Waals surface area (Å²) in [5.74, 6) is 2.22. The highest BCUT2D eigenvalue weighted by Gasteiger charge is 2.57. The molecule has 0 radical (unpaired) electrons. The first-order valence-electron chi connectivity index (χ1n) is 12.3. The molecule has 0 spiro atoms. The Labute approximate surface area is 239 Å². The van der Waals surface area contributed by atoms with Crippen LogP contribution in [0, 0.1) is 12.3 Å². The van der Waals surface area contributed by atoms with Gasteiger partial charge in [0.25, 0.3) is 0 Å². The van der Waals surface area contributed by atoms with Gasteiger partial charge in [-0.15, -0.1) is 6.42 Å². The molecule has 19 heteroatoms. The van der Waals surface area contributed by atoms with E-state index < -0.39 is 83.1 Å². The number of fused-ring (bicyclic) bond motifs is 1. The highest BCUT2D eigenvalue weighted by molar-refractivity contribution is 7.48. The van der Waals surface area contributed by atoms with Gasteiger partial charge in [0.05, 0.1) is 25.1 Å². The van der Waals surface area contributed by atoms with Crippen molar-refractivity contribution in [2.45, 2.75) is 63.8 Å². The zero-order valence-electron chi connectivity index (χ0n) is 23.1. The van der Waals surface area contributed by atoms with Crippen molar-refractivity contribution in [3.05, 3.63) is 12.7 Å². The molecule has 3 N–H and O–H groups in total. The topological polar surface area (TPSA) is 215 Å². The number of carbonyl (C=O) groups is 2. The van der Waals surface area contributed by atoms with E-state index in [1.165, 1.54) is 10.9 Å². The first-order chi connectivity index (χ1) is 19.8. The number of imidazole rings is 1. The van der Waals surface area contributed by atoms with Crippen molar-refractivity contribution >= 4 is 37.1 Å². The summed E-state index contributed by atoms with van der Waals surface area (Å²) in [5.41, 5.74) is 1.97. The zero-order chi connectivity index (χ0) is 31.1. The van der Waals surface area contributed by atoms with Gasteiger partial charge >= 0.3 is 20.1 Å². The first kappa shape index (κ1) is 32.9. The van der Waals surface area contributed by atoms with Crippen LogP contribution in [0.1, 0.15) is 40.3 Å². The second-order valence-corrected chi connectivity index (χ2v) is 11.1. The summed E-state index contributed by atoms with van der Waals surface area (Å²) in [5, 5.41) is 11.2. The molecule has 1 aliphatic rings. The molecule has 2 aromatic rings. The summed E-state index contributed by atoms with van der Waals surface area (Å²) < 4.78 is 69.1. The summed E-state index contributed by atoms with van der Waals surface area (Å²) in [6.07, 6.45) is 2.57. The number of phosphoric acid groups is 1. The molecular weight excluding hydrogens is 588 g/mol. The Morgan fingerprint density at radius 1 is 1.17 bits per heavy atom. The molecule has 0 aromatic carbocycles. The lowest BCUT2D eigenvalue weighted by molar-refractivity contribution is -0.126. The maximum Gasteiger partial charge on any atom is 0.510 e. The Morgan fingerprint density at radius 3 is 2.29 bits per heavy atom. The van der Waals surface area contributed by atoms with Gasteiger partial charge in [-0.2, -0.15) is 0 Å². The van der Waals surface area contributed by atoms with Crippen LogP contribution in [-0.2, 0) is 41.8 Å². The lowest BCUT2D eigenvalue weighted by Crippen LogP contribution is -2.38. The Kier molecular flexibility index (Phi) is 10.7. The first-order valence-corrected chi connectivity index (χ1v) is 13.8. The minimum Gasteiger partial charge on any atom is -0.432 e. The van der Waals surface area contributed by atoms with Crippen LogP contribution in [0.2, 0.25) is 0 Å². The van der Waals surface area contributed by atoms with Gasteiger partial charge in [0.2, 0.25) is 13.6 Å². The lowest BCUT2D eigenvalue weighted by Gasteiger charge is -2.27. The fourth-order valence-corrected chi connectivity index (χ4v) is 4.63. The number of ether oxygens (including phenoxy) is 5. The average Bonchev–Trinajstić information content (AvgIpc) is 3.47. The molecule has 2 aromatic heterocycles. The SMILES string of the molecule is C#C[C@@]1(O)C[C@@](CF)(COP(=O)(OCOC(=O)OC(C)C)OCOC(=O)OC(C)C)O[C@H]1n1cnc2c(N)ncnc21. The highest BCUT2D eigenvalue weighted by Crippen LogP contribution is 2.53. The largest absolute Gasteiger partial charge is 0.510 e. The Balaban J connectivity index is 1.78. The lowest BCUT2D eigenvalue weighted by atomic mass is 9.91. The molecule has 3 rings (SSSR count). The van der Waals surface area contributed by atoms with Gasteiger partial charge in [0, 0.05) is 6.42 Å². The van der Waals surface area contributed by atoms with E-state index in [2.05, 4.69) is 30.3 Å². The molecule has 1 fully saturated rings. The van der Waals surface area contributed by atoms with Gasteiger partial charge in [0.1, 0.15) is 24.1 Å². The minimum absolute atomic E-state index is 0.0373. The summed E-state index contributed by atoms with van der Waals surface area (Å²) in [6.45, 7) is 2.06. The second kappa shape index (κ2) is 13.6. The van der Waals surface area contributed by atoms with E-state index in [0.717, 1.165) is 6.33 Å². The van der Waals surface area contributed by atoms with Crippen LogP contribution in [-0.4, -0.2) is 87.2 Å². The van der Waals surface area contributed by atoms with Crippen molar-refractivity contribution in [1.82, 2.24) is 19.5 Å². The summed E-state index contributed by atoms with van der Waals surface area (Å²) in [7, 11) is -4.79. The maximum atomic E-state index is 14.6. The number of aromatic nitrogens is 4. The molecule has 0 aliphatic carbocycles. The molecule has 3 atom stereocenters. The maximum absolute atomic E-state index is 14.6. The van der Waals surface area contributed by atoms with Gasteiger partial charge in [-0.05, 0) is 27.7 Å². The Morgan fingerprint density at radius 2 is 1.76 bits per heavy atom. The van der Waals surface area contributed by atoms with E-state index in [9.17, 15) is 23.7 Å². The second-order valence-electron chi connectivity index (χ2n) is 9.45. The monoisotopic (exact) mass is 619 g/mol. The number of nitrogens with zero attached hydrogens (tertiary/aromatic N) is 4. The van der Waals surface area contributed by atoms with E-state index in [-0.39, 0.29) is 17.0 Å². The summed E-state index contributed by atoms with van der Waals surface area (Å²) in [6, 6.07) is 0. The third-order valence-corrected chi connectivity index (χ3v) is 6.71. The van der Waals surface area contributed by atoms with Crippen molar-refractivity contribution in [2.75, 3.05) is 32.6 Å². The summed E-state index contributed by atoms with van der Waals surface area (Å²) >= 11 is 0. The van der Waals surface area contributed by atoms with Crippen LogP contribution in [0.25, 0.3) is 11.2 Å². The smallest absolute Gasteiger partial charge is 0.432 e. The van der Waals surface area contributed by atoms with Gasteiger partial charge in [-0.1, -0.05) is 5.92 Å². The van der Waals surface area contributed by atoms with Crippen molar-refractivity contribution in [3.8, 4) is 12.3 Å². The van der Waals surface area contributed by atoms with Gasteiger partial charge < -0.3 is 34.5 Å². The number of hydrogen-bond acceptors (Lipinski definition) is 16. The van der Waals surface area contributed by atoms with E-state index in [4.69, 9.17) is 39.9 Å². The van der Waals surface area contributed by atoms with E-state index >= 15 is 0 Å². The number of anilines is 1. The molecule has 1 aliphatic heterocycles. The quantitative estimate of drug-likeness (QED) is 0.143. The number of carbonyl (C=O) groups excluding carboxylic acids is 2. The standard InChI is InChI=1S/C23H31FN5O12P/c1-6-23(32)7-22(8-24,41-19(23)29-11-28-16-17(25)26-10-27-18(16)29)9-36-42(33,37-12-34-20(30)39-14(2)3)38-13-35-21(31)40-15(4)5/h1,10-11,14-15,19,32H,7-9,12-13H2,2-5H3,(H2,25,26,27)/t19-,22-,23-/m1/s1. The summed E-state index contributed by atoms with van der Waals surface area (Å²) in [4.78, 5) is 35.3. The van der Waals surface area contributed by atoms with E-state index in [1.54, 1.807) is 27.7 Å². The van der Waals surface area contributed by atoms with E-state index in [0.29, 0.717) is 0 Å². The van der Waals surface area contributed by atoms with E-state index in [1.807, 2.05) is 0 Å². The fraction of sp³-hybridized carbons (Fsp3) is 0.609. The molecule has 232 valence electrons. The third-order valence-electron chi connectivity index (χ3n) is 5.42. The normalized spacial score (nSPS) is 22.3. The molecular formula is C23H31FN5O12P. The molecule has 0 amide bonds. The number of rotatable bonds is 13. The van der Waals surface area contributed by atoms with Gasteiger partial charge in [-0.3, -0.25) is 9.09 Å².